The molecule has 1 aromatic heterocycles. The minimum absolute atomic E-state index is 1.07. The van der Waals surface area contributed by atoms with E-state index in [4.69, 9.17) is 0 Å². The predicted molar refractivity (Wildman–Crippen MR) is 321 cm³/mol. The average Bonchev–Trinajstić information content (AvgIpc) is 3.88. The summed E-state index contributed by atoms with van der Waals surface area (Å²) in [6.45, 7) is 0. The molecule has 354 valence electrons. The number of aromatic nitrogens is 1. The van der Waals surface area contributed by atoms with Gasteiger partial charge in [0.15, 0.2) is 8.07 Å². The van der Waals surface area contributed by atoms with E-state index >= 15 is 0 Å². The Balaban J connectivity index is 0.979. The Morgan fingerprint density at radius 2 is 0.693 bits per heavy atom. The minimum Gasteiger partial charge on any atom is -0.311 e. The van der Waals surface area contributed by atoms with Gasteiger partial charge in [-0.15, -0.1) is 0 Å². The van der Waals surface area contributed by atoms with Gasteiger partial charge in [0.25, 0.3) is 0 Å². The van der Waals surface area contributed by atoms with Crippen molar-refractivity contribution >= 4 is 67.7 Å². The van der Waals surface area contributed by atoms with Crippen LogP contribution in [0.3, 0.4) is 0 Å². The molecular formula is C72H52N2Si. The molecule has 1 heterocycles. The van der Waals surface area contributed by atoms with Crippen molar-refractivity contribution in [3.63, 3.8) is 0 Å². The van der Waals surface area contributed by atoms with Gasteiger partial charge in [-0.05, 0) is 132 Å². The molecule has 0 amide bonds. The van der Waals surface area contributed by atoms with Crippen LogP contribution in [0.5, 0.6) is 0 Å². The molecule has 13 aromatic rings. The zero-order valence-electron chi connectivity index (χ0n) is 41.4. The van der Waals surface area contributed by atoms with Crippen LogP contribution in [-0.4, -0.2) is 12.6 Å². The third-order valence-electron chi connectivity index (χ3n) is 15.0. The van der Waals surface area contributed by atoms with Crippen LogP contribution >= 0.6 is 0 Å². The monoisotopic (exact) mass is 972 g/mol. The predicted octanol–water partition coefficient (Wildman–Crippen LogP) is 16.3. The van der Waals surface area contributed by atoms with Crippen LogP contribution in [0.15, 0.2) is 315 Å². The summed E-state index contributed by atoms with van der Waals surface area (Å²) in [7, 11) is -2.85. The van der Waals surface area contributed by atoms with E-state index in [1.54, 1.807) is 0 Å². The summed E-state index contributed by atoms with van der Waals surface area (Å²) in [4.78, 5) is 2.44. The van der Waals surface area contributed by atoms with Gasteiger partial charge in [0, 0.05) is 33.5 Å². The molecule has 2 nitrogen and oxygen atoms in total. The second-order valence-corrected chi connectivity index (χ2v) is 23.0. The molecule has 0 spiro atoms. The number of hydrogen-bond donors (Lipinski definition) is 0. The summed E-state index contributed by atoms with van der Waals surface area (Å²) in [5.41, 5.74) is 16.3. The van der Waals surface area contributed by atoms with Crippen molar-refractivity contribution in [3.05, 3.63) is 315 Å². The first kappa shape index (κ1) is 45.3. The lowest BCUT2D eigenvalue weighted by Crippen LogP contribution is -2.74. The molecule has 0 fully saturated rings. The number of benzene rings is 12. The maximum atomic E-state index is 2.47. The first-order valence-electron chi connectivity index (χ1n) is 25.8. The number of hydrogen-bond acceptors (Lipinski definition) is 1. The van der Waals surface area contributed by atoms with Crippen molar-refractivity contribution in [3.8, 4) is 50.2 Å². The topological polar surface area (TPSA) is 8.17 Å². The fourth-order valence-corrected chi connectivity index (χ4v) is 16.3. The van der Waals surface area contributed by atoms with Crippen LogP contribution in [0.25, 0.3) is 72.0 Å². The second-order valence-electron chi connectivity index (χ2n) is 19.2. The highest BCUT2D eigenvalue weighted by atomic mass is 28.3. The fraction of sp³-hybridized carbons (Fsp3) is 0. The van der Waals surface area contributed by atoms with Gasteiger partial charge in [0.1, 0.15) is 0 Å². The molecule has 0 saturated heterocycles. The first-order chi connectivity index (χ1) is 37.2. The van der Waals surface area contributed by atoms with Crippen molar-refractivity contribution in [2.45, 2.75) is 0 Å². The van der Waals surface area contributed by atoms with Crippen LogP contribution in [0.2, 0.25) is 0 Å². The standard InChI is InChI=1S/C72H52N2Si/c1-7-23-53(24-8-1)57-45-50-66(69(51-57)54-25-9-2-10-26-54)55-41-46-59(47-42-55)73(61-29-21-36-65(52-61)75(62-30-13-4-14-31-62,63-32-15-5-16-33-63)64-34-17-6-18-35-64)60-48-43-56(44-49-60)67-38-22-40-71-72(67)68-37-19-20-39-70(68)74(71)58-27-11-3-12-28-58/h1-52H. The minimum atomic E-state index is -2.85. The van der Waals surface area contributed by atoms with Crippen LogP contribution in [0.1, 0.15) is 0 Å². The van der Waals surface area contributed by atoms with E-state index in [0.717, 1.165) is 28.3 Å². The summed E-state index contributed by atoms with van der Waals surface area (Å²) in [5, 5.41) is 7.83. The van der Waals surface area contributed by atoms with Gasteiger partial charge in [0.05, 0.1) is 11.0 Å². The van der Waals surface area contributed by atoms with Crippen molar-refractivity contribution < 1.29 is 0 Å². The molecule has 0 radical (unpaired) electrons. The van der Waals surface area contributed by atoms with Crippen molar-refractivity contribution in [2.75, 3.05) is 4.90 Å². The number of nitrogens with zero attached hydrogens (tertiary/aromatic N) is 2. The Morgan fingerprint density at radius 3 is 1.28 bits per heavy atom. The van der Waals surface area contributed by atoms with Gasteiger partial charge in [-0.1, -0.05) is 249 Å². The van der Waals surface area contributed by atoms with Crippen molar-refractivity contribution in [1.82, 2.24) is 4.57 Å². The highest BCUT2D eigenvalue weighted by molar-refractivity contribution is 7.19. The van der Waals surface area contributed by atoms with E-state index in [9.17, 15) is 0 Å². The lowest BCUT2D eigenvalue weighted by molar-refractivity contribution is 1.18. The summed E-state index contributed by atoms with van der Waals surface area (Å²) >= 11 is 0. The van der Waals surface area contributed by atoms with E-state index in [2.05, 4.69) is 325 Å². The maximum Gasteiger partial charge on any atom is 0.179 e. The van der Waals surface area contributed by atoms with E-state index < -0.39 is 8.07 Å². The molecule has 0 aliphatic heterocycles. The van der Waals surface area contributed by atoms with Crippen molar-refractivity contribution in [2.24, 2.45) is 0 Å². The molecule has 0 saturated carbocycles. The van der Waals surface area contributed by atoms with Gasteiger partial charge in [-0.3, -0.25) is 0 Å². The second kappa shape index (κ2) is 19.8. The third kappa shape index (κ3) is 8.26. The lowest BCUT2D eigenvalue weighted by atomic mass is 9.91. The highest BCUT2D eigenvalue weighted by Crippen LogP contribution is 2.42. The number of anilines is 3. The van der Waals surface area contributed by atoms with Gasteiger partial charge < -0.3 is 9.47 Å². The Bertz CT molecular complexity index is 3970. The SMILES string of the molecule is c1ccc(-c2ccc(-c3ccc(N(c4ccc(-c5cccc6c5c5ccccc5n6-c5ccccc5)cc4)c4cccc([Si](c5ccccc5)(c5ccccc5)c5ccccc5)c4)cc3)c(-c3ccccc3)c2)cc1. The zero-order chi connectivity index (χ0) is 50.0. The summed E-state index contributed by atoms with van der Waals surface area (Å²) in [6, 6.07) is 116. The zero-order valence-corrected chi connectivity index (χ0v) is 42.4. The normalized spacial score (nSPS) is 11.5. The average molecular weight is 973 g/mol. The Hall–Kier alpha value is -9.54. The Kier molecular flexibility index (Phi) is 12.0. The van der Waals surface area contributed by atoms with Crippen LogP contribution in [-0.2, 0) is 0 Å². The summed E-state index contributed by atoms with van der Waals surface area (Å²) < 4.78 is 2.39. The van der Waals surface area contributed by atoms with Crippen LogP contribution in [0.4, 0.5) is 17.1 Å². The Labute approximate surface area is 440 Å². The first-order valence-corrected chi connectivity index (χ1v) is 27.8. The Morgan fingerprint density at radius 1 is 0.253 bits per heavy atom. The van der Waals surface area contributed by atoms with Gasteiger partial charge in [-0.25, -0.2) is 0 Å². The van der Waals surface area contributed by atoms with E-state index in [-0.39, 0.29) is 0 Å². The van der Waals surface area contributed by atoms with Crippen LogP contribution in [0, 0.1) is 0 Å². The molecule has 13 rings (SSSR count). The third-order valence-corrected chi connectivity index (χ3v) is 19.7. The molecule has 0 unspecified atom stereocenters. The molecule has 0 atom stereocenters. The number of fused-ring (bicyclic) bond motifs is 3. The van der Waals surface area contributed by atoms with Crippen molar-refractivity contribution in [1.29, 1.82) is 0 Å². The van der Waals surface area contributed by atoms with E-state index in [1.165, 1.54) is 81.5 Å². The lowest BCUT2D eigenvalue weighted by Gasteiger charge is -2.35. The molecular weight excluding hydrogens is 921 g/mol. The van der Waals surface area contributed by atoms with Gasteiger partial charge in [0.2, 0.25) is 0 Å². The summed E-state index contributed by atoms with van der Waals surface area (Å²) in [5.74, 6) is 0. The fourth-order valence-electron chi connectivity index (χ4n) is 11.5. The molecule has 3 heteroatoms. The molecule has 75 heavy (non-hydrogen) atoms. The molecule has 0 N–H and O–H groups in total. The van der Waals surface area contributed by atoms with Crippen LogP contribution < -0.4 is 25.6 Å². The number of para-hydroxylation sites is 2. The highest BCUT2D eigenvalue weighted by Gasteiger charge is 2.41. The van der Waals surface area contributed by atoms with Gasteiger partial charge >= 0.3 is 0 Å². The quantitative estimate of drug-likeness (QED) is 0.0875. The molecule has 0 aliphatic rings. The van der Waals surface area contributed by atoms with E-state index in [1.807, 2.05) is 0 Å². The smallest absolute Gasteiger partial charge is 0.179 e. The number of rotatable bonds is 12. The molecule has 12 aromatic carbocycles. The molecule has 0 aliphatic carbocycles. The van der Waals surface area contributed by atoms with Gasteiger partial charge in [-0.2, -0.15) is 0 Å². The largest absolute Gasteiger partial charge is 0.311 e. The maximum absolute atomic E-state index is 2.85. The summed E-state index contributed by atoms with van der Waals surface area (Å²) in [6.07, 6.45) is 0. The molecule has 0 bridgehead atoms. The van der Waals surface area contributed by atoms with E-state index in [0.29, 0.717) is 0 Å².